The second kappa shape index (κ2) is 16.4. The Labute approximate surface area is 312 Å². The van der Waals surface area contributed by atoms with Gasteiger partial charge in [0.2, 0.25) is 11.7 Å². The Kier molecular flexibility index (Phi) is 12.1. The van der Waals surface area contributed by atoms with Crippen molar-refractivity contribution in [3.05, 3.63) is 105 Å². The number of halogens is 5. The number of aliphatic hydroxyl groups is 1. The number of benzene rings is 3. The van der Waals surface area contributed by atoms with Crippen molar-refractivity contribution >= 4 is 11.8 Å². The fourth-order valence-corrected chi connectivity index (χ4v) is 8.13. The summed E-state index contributed by atoms with van der Waals surface area (Å²) in [6.07, 6.45) is 4.61. The zero-order chi connectivity index (χ0) is 38.9. The van der Waals surface area contributed by atoms with Crippen LogP contribution in [0.1, 0.15) is 111 Å². The average Bonchev–Trinajstić information content (AvgIpc) is 3.16. The summed E-state index contributed by atoms with van der Waals surface area (Å²) in [7, 11) is 0. The molecule has 3 N–H and O–H groups in total. The third kappa shape index (κ3) is 8.49. The fourth-order valence-electron chi connectivity index (χ4n) is 8.13. The minimum Gasteiger partial charge on any atom is -0.392 e. The van der Waals surface area contributed by atoms with Gasteiger partial charge in [-0.25, -0.2) is 22.0 Å². The molecule has 3 aromatic rings. The largest absolute Gasteiger partial charge is 0.392 e. The van der Waals surface area contributed by atoms with E-state index in [1.54, 1.807) is 24.3 Å². The van der Waals surface area contributed by atoms with Crippen LogP contribution in [0, 0.1) is 40.9 Å². The molecule has 2 saturated heterocycles. The van der Waals surface area contributed by atoms with Gasteiger partial charge in [0.1, 0.15) is 5.56 Å². The molecule has 1 aliphatic carbocycles. The summed E-state index contributed by atoms with van der Waals surface area (Å²) in [4.78, 5) is 28.7. The standard InChI is InChI=1S/C41H48F5N3O5/c1-22-30(20-49-28-8-6-5-7-25(28)17-18-29(49)38(51)48-41(2,3)4)53-40(54-37(22)26-13-11-24(21-50)12-14-26)27-15-9-23(10-16-27)19-47-39(52)31-32(42)34(44)36(46)35(45)33(31)43/h9-16,22,25,28-30,37,40,50H,5-8,17-21H2,1-4H3,(H,47,52)(H,48,51). The third-order valence-corrected chi connectivity index (χ3v) is 11.0. The van der Waals surface area contributed by atoms with Crippen LogP contribution in [0.4, 0.5) is 22.0 Å². The number of rotatable bonds is 9. The van der Waals surface area contributed by atoms with Crippen molar-refractivity contribution in [1.82, 2.24) is 15.5 Å². The molecule has 3 aromatic carbocycles. The van der Waals surface area contributed by atoms with Crippen molar-refractivity contribution in [1.29, 1.82) is 0 Å². The monoisotopic (exact) mass is 757 g/mol. The molecule has 0 bridgehead atoms. The van der Waals surface area contributed by atoms with E-state index in [0.29, 0.717) is 23.6 Å². The van der Waals surface area contributed by atoms with E-state index in [1.165, 1.54) is 6.42 Å². The summed E-state index contributed by atoms with van der Waals surface area (Å²) in [5.74, 6) is -12.2. The van der Waals surface area contributed by atoms with E-state index in [4.69, 9.17) is 9.47 Å². The maximum atomic E-state index is 14.2. The maximum Gasteiger partial charge on any atom is 0.257 e. The lowest BCUT2D eigenvalue weighted by molar-refractivity contribution is -0.278. The van der Waals surface area contributed by atoms with Crippen LogP contribution in [0.25, 0.3) is 0 Å². The van der Waals surface area contributed by atoms with E-state index in [1.807, 2.05) is 45.0 Å². The van der Waals surface area contributed by atoms with Crippen LogP contribution in [0.3, 0.4) is 0 Å². The normalized spacial score (nSPS) is 26.2. The Morgan fingerprint density at radius 1 is 0.796 bits per heavy atom. The van der Waals surface area contributed by atoms with Gasteiger partial charge in [0.25, 0.3) is 5.91 Å². The topological polar surface area (TPSA) is 100 Å². The quantitative estimate of drug-likeness (QED) is 0.119. The lowest BCUT2D eigenvalue weighted by Gasteiger charge is -2.51. The first-order chi connectivity index (χ1) is 25.7. The minimum absolute atomic E-state index is 0.0155. The summed E-state index contributed by atoms with van der Waals surface area (Å²) in [6.45, 7) is 8.17. The van der Waals surface area contributed by atoms with E-state index in [-0.39, 0.29) is 48.7 Å². The Hall–Kier alpha value is -3.91. The molecule has 7 unspecified atom stereocenters. The van der Waals surface area contributed by atoms with Crippen LogP contribution in [0.2, 0.25) is 0 Å². The molecule has 6 rings (SSSR count). The predicted molar refractivity (Wildman–Crippen MR) is 190 cm³/mol. The molecule has 13 heteroatoms. The zero-order valence-corrected chi connectivity index (χ0v) is 30.9. The van der Waals surface area contributed by atoms with Gasteiger partial charge in [0, 0.05) is 36.2 Å². The predicted octanol–water partition coefficient (Wildman–Crippen LogP) is 7.53. The highest BCUT2D eigenvalue weighted by Crippen LogP contribution is 2.44. The van der Waals surface area contributed by atoms with E-state index < -0.39 is 53.0 Å². The highest BCUT2D eigenvalue weighted by Gasteiger charge is 2.46. The van der Waals surface area contributed by atoms with Gasteiger partial charge in [-0.2, -0.15) is 0 Å². The van der Waals surface area contributed by atoms with Gasteiger partial charge >= 0.3 is 0 Å². The van der Waals surface area contributed by atoms with E-state index >= 15 is 0 Å². The molecular weight excluding hydrogens is 709 g/mol. The summed E-state index contributed by atoms with van der Waals surface area (Å²) < 4.78 is 82.7. The van der Waals surface area contributed by atoms with Crippen LogP contribution in [0.5, 0.6) is 0 Å². The summed E-state index contributed by atoms with van der Waals surface area (Å²) >= 11 is 0. The molecule has 2 aliphatic heterocycles. The summed E-state index contributed by atoms with van der Waals surface area (Å²) in [6, 6.07) is 14.2. The molecule has 0 radical (unpaired) electrons. The first-order valence-corrected chi connectivity index (χ1v) is 18.6. The number of likely N-dealkylation sites (tertiary alicyclic amines) is 1. The second-order valence-corrected chi connectivity index (χ2v) is 15.8. The van der Waals surface area contributed by atoms with E-state index in [0.717, 1.165) is 43.2 Å². The van der Waals surface area contributed by atoms with Crippen LogP contribution in [0.15, 0.2) is 48.5 Å². The van der Waals surface area contributed by atoms with Gasteiger partial charge in [0.15, 0.2) is 29.6 Å². The smallest absolute Gasteiger partial charge is 0.257 e. The number of nitrogens with one attached hydrogen (secondary N) is 2. The molecule has 0 aromatic heterocycles. The molecule has 292 valence electrons. The molecule has 2 heterocycles. The Bertz CT molecular complexity index is 1790. The van der Waals surface area contributed by atoms with Crippen molar-refractivity contribution in [2.45, 2.75) is 115 Å². The zero-order valence-electron chi connectivity index (χ0n) is 30.9. The molecule has 8 nitrogen and oxygen atoms in total. The van der Waals surface area contributed by atoms with Crippen LogP contribution in [-0.4, -0.2) is 52.1 Å². The van der Waals surface area contributed by atoms with E-state index in [9.17, 15) is 36.6 Å². The second-order valence-electron chi connectivity index (χ2n) is 15.8. The summed E-state index contributed by atoms with van der Waals surface area (Å²) in [5, 5.41) is 15.1. The van der Waals surface area contributed by atoms with Gasteiger partial charge in [-0.05, 0) is 69.1 Å². The SMILES string of the molecule is CC1C(CN2C(C(=O)NC(C)(C)C)CCC3CCCCC32)OC(c2ccc(CNC(=O)c3c(F)c(F)c(F)c(F)c3F)cc2)OC1c1ccc(CO)cc1. The number of aliphatic hydroxyl groups excluding tert-OH is 1. The van der Waals surface area contributed by atoms with Crippen LogP contribution < -0.4 is 10.6 Å². The van der Waals surface area contributed by atoms with Gasteiger partial charge in [-0.3, -0.25) is 14.5 Å². The Morgan fingerprint density at radius 3 is 2.02 bits per heavy atom. The lowest BCUT2D eigenvalue weighted by Crippen LogP contribution is -2.61. The number of hydrogen-bond acceptors (Lipinski definition) is 6. The van der Waals surface area contributed by atoms with Crippen LogP contribution >= 0.6 is 0 Å². The third-order valence-electron chi connectivity index (χ3n) is 11.0. The molecular formula is C41H48F5N3O5. The first-order valence-electron chi connectivity index (χ1n) is 18.6. The number of carbonyl (C=O) groups is 2. The number of hydrogen-bond donors (Lipinski definition) is 3. The molecule has 0 spiro atoms. The van der Waals surface area contributed by atoms with E-state index in [2.05, 4.69) is 22.5 Å². The number of fused-ring (bicyclic) bond motifs is 1. The van der Waals surface area contributed by atoms with Gasteiger partial charge in [0.05, 0.1) is 24.9 Å². The molecule has 7 atom stereocenters. The van der Waals surface area contributed by atoms with Crippen molar-refractivity contribution in [2.75, 3.05) is 6.54 Å². The van der Waals surface area contributed by atoms with Crippen molar-refractivity contribution in [2.24, 2.45) is 11.8 Å². The van der Waals surface area contributed by atoms with Gasteiger partial charge in [-0.15, -0.1) is 0 Å². The Balaban J connectivity index is 1.24. The average molecular weight is 758 g/mol. The fraction of sp³-hybridized carbons (Fsp3) is 0.512. The molecule has 3 aliphatic rings. The maximum absolute atomic E-state index is 14.2. The molecule has 3 fully saturated rings. The molecule has 54 heavy (non-hydrogen) atoms. The number of piperidine rings is 1. The first kappa shape index (κ1) is 39.8. The lowest BCUT2D eigenvalue weighted by atomic mass is 9.75. The summed E-state index contributed by atoms with van der Waals surface area (Å²) in [5.41, 5.74) is 0.855. The number of amides is 2. The number of nitrogens with zero attached hydrogens (tertiary/aromatic N) is 1. The number of ether oxygens (including phenoxy) is 2. The van der Waals surface area contributed by atoms with Gasteiger partial charge in [-0.1, -0.05) is 68.3 Å². The molecule has 2 amide bonds. The van der Waals surface area contributed by atoms with Crippen molar-refractivity contribution in [3.63, 3.8) is 0 Å². The van der Waals surface area contributed by atoms with Crippen molar-refractivity contribution < 1.29 is 46.1 Å². The highest BCUT2D eigenvalue weighted by molar-refractivity contribution is 5.94. The van der Waals surface area contributed by atoms with Crippen molar-refractivity contribution in [3.8, 4) is 0 Å². The van der Waals surface area contributed by atoms with Gasteiger partial charge < -0.3 is 25.2 Å². The van der Waals surface area contributed by atoms with Crippen LogP contribution in [-0.2, 0) is 27.4 Å². The minimum atomic E-state index is -2.34. The highest BCUT2D eigenvalue weighted by atomic mass is 19.2. The Morgan fingerprint density at radius 2 is 1.39 bits per heavy atom. The molecule has 1 saturated carbocycles. The number of carbonyl (C=O) groups excluding carboxylic acids is 2.